The van der Waals surface area contributed by atoms with E-state index in [-0.39, 0.29) is 12.3 Å². The van der Waals surface area contributed by atoms with Crippen molar-refractivity contribution in [2.24, 2.45) is 5.92 Å². The largest absolute Gasteiger partial charge is 0.361 e. The van der Waals surface area contributed by atoms with Gasteiger partial charge < -0.3 is 9.84 Å². The zero-order valence-corrected chi connectivity index (χ0v) is 17.3. The van der Waals surface area contributed by atoms with Crippen LogP contribution < -0.4 is 16.2 Å². The summed E-state index contributed by atoms with van der Waals surface area (Å²) in [5.74, 6) is 1.29. The third kappa shape index (κ3) is 8.04. The van der Waals surface area contributed by atoms with Gasteiger partial charge in [0.2, 0.25) is 17.6 Å². The number of nitrogens with zero attached hydrogens (tertiary/aromatic N) is 2. The highest BCUT2D eigenvalue weighted by Crippen LogP contribution is 2.15. The summed E-state index contributed by atoms with van der Waals surface area (Å²) in [5.41, 5.74) is 6.19. The van der Waals surface area contributed by atoms with Crippen LogP contribution in [0.1, 0.15) is 51.8 Å². The molecule has 1 amide bonds. The van der Waals surface area contributed by atoms with Crippen LogP contribution in [-0.4, -0.2) is 27.7 Å². The van der Waals surface area contributed by atoms with Gasteiger partial charge in [-0.2, -0.15) is 4.98 Å². The first-order chi connectivity index (χ1) is 13.6. The Labute approximate surface area is 171 Å². The average Bonchev–Trinajstić information content (AvgIpc) is 3.19. The van der Waals surface area contributed by atoms with E-state index >= 15 is 0 Å². The molecule has 2 aromatic rings. The van der Waals surface area contributed by atoms with Crippen LogP contribution in [0.15, 0.2) is 34.9 Å². The number of hydrogen-bond donors (Lipinski definition) is 3. The van der Waals surface area contributed by atoms with Crippen LogP contribution in [-0.2, 0) is 11.2 Å². The fourth-order valence-corrected chi connectivity index (χ4v) is 2.76. The second-order valence-electron chi connectivity index (χ2n) is 6.86. The SMILES string of the molecule is CCCCC[C@@H](C)CNC(=S)NNC(=O)CCc1nc(-c2ccccc2)no1. The number of aryl methyl sites for hydroxylation is 1. The molecule has 152 valence electrons. The molecule has 3 N–H and O–H groups in total. The van der Waals surface area contributed by atoms with E-state index in [1.54, 1.807) is 0 Å². The number of nitrogens with one attached hydrogen (secondary N) is 3. The predicted octanol–water partition coefficient (Wildman–Crippen LogP) is 3.38. The highest BCUT2D eigenvalue weighted by atomic mass is 32.1. The average molecular weight is 404 g/mol. The molecule has 0 spiro atoms. The molecule has 2 rings (SSSR count). The maximum Gasteiger partial charge on any atom is 0.238 e. The van der Waals surface area contributed by atoms with Crippen molar-refractivity contribution in [3.63, 3.8) is 0 Å². The van der Waals surface area contributed by atoms with Gasteiger partial charge in [-0.15, -0.1) is 0 Å². The summed E-state index contributed by atoms with van der Waals surface area (Å²) in [5, 5.41) is 7.48. The van der Waals surface area contributed by atoms with Gasteiger partial charge in [-0.3, -0.25) is 15.6 Å². The Bertz CT molecular complexity index is 735. The summed E-state index contributed by atoms with van der Waals surface area (Å²) in [7, 11) is 0. The molecule has 28 heavy (non-hydrogen) atoms. The van der Waals surface area contributed by atoms with Crippen LogP contribution in [0.25, 0.3) is 11.4 Å². The normalized spacial score (nSPS) is 11.6. The summed E-state index contributed by atoms with van der Waals surface area (Å²) >= 11 is 5.18. The van der Waals surface area contributed by atoms with Crippen molar-refractivity contribution in [1.29, 1.82) is 0 Å². The molecular weight excluding hydrogens is 374 g/mol. The zero-order chi connectivity index (χ0) is 20.2. The number of hydrazine groups is 1. The number of carbonyl (C=O) groups is 1. The molecule has 1 atom stereocenters. The molecule has 0 aliphatic carbocycles. The number of thiocarbonyl (C=S) groups is 1. The van der Waals surface area contributed by atoms with E-state index in [2.05, 4.69) is 40.2 Å². The van der Waals surface area contributed by atoms with E-state index in [9.17, 15) is 4.79 Å². The van der Waals surface area contributed by atoms with Crippen molar-refractivity contribution < 1.29 is 9.32 Å². The summed E-state index contributed by atoms with van der Waals surface area (Å²) in [6, 6.07) is 9.56. The Kier molecular flexibility index (Phi) is 9.41. The molecule has 1 aromatic heterocycles. The molecule has 1 aromatic carbocycles. The third-order valence-electron chi connectivity index (χ3n) is 4.29. The van der Waals surface area contributed by atoms with Crippen LogP contribution in [0.2, 0.25) is 0 Å². The van der Waals surface area contributed by atoms with Crippen molar-refractivity contribution in [3.05, 3.63) is 36.2 Å². The molecule has 0 saturated carbocycles. The van der Waals surface area contributed by atoms with Crippen LogP contribution in [0.5, 0.6) is 0 Å². The zero-order valence-electron chi connectivity index (χ0n) is 16.5. The molecule has 0 bridgehead atoms. The second kappa shape index (κ2) is 12.1. The van der Waals surface area contributed by atoms with Crippen LogP contribution in [0.3, 0.4) is 0 Å². The third-order valence-corrected chi connectivity index (χ3v) is 4.54. The minimum Gasteiger partial charge on any atom is -0.361 e. The lowest BCUT2D eigenvalue weighted by Crippen LogP contribution is -2.47. The van der Waals surface area contributed by atoms with E-state index in [0.29, 0.717) is 29.2 Å². The molecule has 0 saturated heterocycles. The molecule has 8 heteroatoms. The monoisotopic (exact) mass is 403 g/mol. The summed E-state index contributed by atoms with van der Waals surface area (Å²) < 4.78 is 5.20. The lowest BCUT2D eigenvalue weighted by Gasteiger charge is -2.15. The maximum absolute atomic E-state index is 12.0. The van der Waals surface area contributed by atoms with Crippen LogP contribution in [0.4, 0.5) is 0 Å². The van der Waals surface area contributed by atoms with E-state index in [1.807, 2.05) is 30.3 Å². The topological polar surface area (TPSA) is 92.1 Å². The van der Waals surface area contributed by atoms with Crippen molar-refractivity contribution in [3.8, 4) is 11.4 Å². The summed E-state index contributed by atoms with van der Waals surface area (Å²) in [6.07, 6.45) is 5.48. The lowest BCUT2D eigenvalue weighted by atomic mass is 10.0. The number of hydrogen-bond acceptors (Lipinski definition) is 5. The molecule has 7 nitrogen and oxygen atoms in total. The Morgan fingerprint density at radius 3 is 2.75 bits per heavy atom. The second-order valence-corrected chi connectivity index (χ2v) is 7.27. The fraction of sp³-hybridized carbons (Fsp3) is 0.500. The fourth-order valence-electron chi connectivity index (χ4n) is 2.63. The minimum absolute atomic E-state index is 0.195. The highest BCUT2D eigenvalue weighted by molar-refractivity contribution is 7.80. The Morgan fingerprint density at radius 2 is 2.00 bits per heavy atom. The smallest absolute Gasteiger partial charge is 0.238 e. The van der Waals surface area contributed by atoms with Crippen molar-refractivity contribution in [2.75, 3.05) is 6.54 Å². The number of unbranched alkanes of at least 4 members (excludes halogenated alkanes) is 2. The van der Waals surface area contributed by atoms with Gasteiger partial charge in [0, 0.05) is 24.9 Å². The highest BCUT2D eigenvalue weighted by Gasteiger charge is 2.11. The lowest BCUT2D eigenvalue weighted by molar-refractivity contribution is -0.121. The maximum atomic E-state index is 12.0. The minimum atomic E-state index is -0.195. The first-order valence-corrected chi connectivity index (χ1v) is 10.2. The van der Waals surface area contributed by atoms with Crippen molar-refractivity contribution in [2.45, 2.75) is 52.4 Å². The number of aromatic nitrogens is 2. The van der Waals surface area contributed by atoms with Gasteiger partial charge in [0.15, 0.2) is 5.11 Å². The van der Waals surface area contributed by atoms with Gasteiger partial charge in [0.05, 0.1) is 0 Å². The van der Waals surface area contributed by atoms with E-state index < -0.39 is 0 Å². The molecule has 0 aliphatic rings. The van der Waals surface area contributed by atoms with Gasteiger partial charge in [0.25, 0.3) is 0 Å². The van der Waals surface area contributed by atoms with Gasteiger partial charge in [-0.25, -0.2) is 0 Å². The Morgan fingerprint density at radius 1 is 1.21 bits per heavy atom. The quantitative estimate of drug-likeness (QED) is 0.318. The summed E-state index contributed by atoms with van der Waals surface area (Å²) in [6.45, 7) is 5.18. The molecule has 1 heterocycles. The van der Waals surface area contributed by atoms with Gasteiger partial charge in [0.1, 0.15) is 0 Å². The molecule has 0 radical (unpaired) electrons. The molecular formula is C20H29N5O2S. The van der Waals surface area contributed by atoms with Gasteiger partial charge >= 0.3 is 0 Å². The van der Waals surface area contributed by atoms with Crippen LogP contribution in [0, 0.1) is 5.92 Å². The number of rotatable bonds is 10. The molecule has 0 unspecified atom stereocenters. The Hall–Kier alpha value is -2.48. The standard InChI is InChI=1S/C20H29N5O2S/c1-3-4-6-9-15(2)14-21-20(28)24-23-17(26)12-13-18-22-19(25-27-18)16-10-7-5-8-11-16/h5,7-8,10-11,15H,3-4,6,9,12-14H2,1-2H3,(H,23,26)(H2,21,24,28)/t15-/m1/s1. The number of carbonyl (C=O) groups excluding carboxylic acids is 1. The van der Waals surface area contributed by atoms with Gasteiger partial charge in [-0.1, -0.05) is 68.6 Å². The summed E-state index contributed by atoms with van der Waals surface area (Å²) in [4.78, 5) is 16.3. The number of amides is 1. The van der Waals surface area contributed by atoms with Crippen molar-refractivity contribution >= 4 is 23.2 Å². The van der Waals surface area contributed by atoms with E-state index in [4.69, 9.17) is 16.7 Å². The van der Waals surface area contributed by atoms with E-state index in [1.165, 1.54) is 25.7 Å². The molecule has 0 fully saturated rings. The van der Waals surface area contributed by atoms with Crippen molar-refractivity contribution in [1.82, 2.24) is 26.3 Å². The first-order valence-electron chi connectivity index (χ1n) is 9.79. The first kappa shape index (κ1) is 21.8. The van der Waals surface area contributed by atoms with E-state index in [0.717, 1.165) is 12.1 Å². The number of benzene rings is 1. The Balaban J connectivity index is 1.62. The predicted molar refractivity (Wildman–Crippen MR) is 113 cm³/mol. The van der Waals surface area contributed by atoms with Crippen LogP contribution >= 0.6 is 12.2 Å². The van der Waals surface area contributed by atoms with Gasteiger partial charge in [-0.05, 0) is 24.6 Å². The molecule has 0 aliphatic heterocycles.